The highest BCUT2D eigenvalue weighted by Crippen LogP contribution is 2.36. The third kappa shape index (κ3) is 3.38. The third-order valence-corrected chi connectivity index (χ3v) is 6.35. The van der Waals surface area contributed by atoms with Crippen LogP contribution in [0, 0.1) is 13.8 Å². The van der Waals surface area contributed by atoms with E-state index >= 15 is 0 Å². The lowest BCUT2D eigenvalue weighted by molar-refractivity contribution is -0.128. The first-order valence-corrected chi connectivity index (χ1v) is 10.3. The number of fused-ring (bicyclic) bond motifs is 2. The molecule has 0 unspecified atom stereocenters. The van der Waals surface area contributed by atoms with Crippen LogP contribution < -0.4 is 15.8 Å². The second-order valence-corrected chi connectivity index (χ2v) is 8.72. The molecular formula is C21H20N4O5S. The highest BCUT2D eigenvalue weighted by molar-refractivity contribution is 7.20. The maximum atomic E-state index is 13.0. The fourth-order valence-corrected chi connectivity index (χ4v) is 4.72. The Bertz CT molecular complexity index is 1310. The Hall–Kier alpha value is -3.53. The SMILES string of the molecule is Cc1nc2sc(C(=O)OCC(=O)N3c4ccccc4NC(=O)C3(C)C)c(C)c2c(=O)[nH]1. The molecule has 2 N–H and O–H groups in total. The second kappa shape index (κ2) is 7.31. The van der Waals surface area contributed by atoms with Gasteiger partial charge in [0.25, 0.3) is 11.5 Å². The number of nitrogens with one attached hydrogen (secondary N) is 2. The minimum absolute atomic E-state index is 0.211. The molecule has 1 aromatic carbocycles. The lowest BCUT2D eigenvalue weighted by Crippen LogP contribution is -2.59. The summed E-state index contributed by atoms with van der Waals surface area (Å²) in [6, 6.07) is 6.92. The van der Waals surface area contributed by atoms with Crippen molar-refractivity contribution >= 4 is 50.7 Å². The number of rotatable bonds is 3. The van der Waals surface area contributed by atoms with Crippen LogP contribution in [0.15, 0.2) is 29.1 Å². The number of amides is 2. The predicted molar refractivity (Wildman–Crippen MR) is 117 cm³/mol. The topological polar surface area (TPSA) is 121 Å². The number of benzene rings is 1. The summed E-state index contributed by atoms with van der Waals surface area (Å²) in [7, 11) is 0. The molecule has 2 aromatic heterocycles. The van der Waals surface area contributed by atoms with E-state index in [1.165, 1.54) is 4.90 Å². The number of anilines is 2. The van der Waals surface area contributed by atoms with Gasteiger partial charge < -0.3 is 15.0 Å². The van der Waals surface area contributed by atoms with Gasteiger partial charge in [-0.2, -0.15) is 0 Å². The number of esters is 1. The summed E-state index contributed by atoms with van der Waals surface area (Å²) in [5.41, 5.74) is -0.0108. The Kier molecular flexibility index (Phi) is 4.89. The average Bonchev–Trinajstić information content (AvgIpc) is 3.03. The molecule has 1 aliphatic heterocycles. The number of ether oxygens (including phenoxy) is 1. The third-order valence-electron chi connectivity index (χ3n) is 5.19. The molecule has 0 spiro atoms. The molecule has 4 rings (SSSR count). The zero-order valence-corrected chi connectivity index (χ0v) is 18.2. The highest BCUT2D eigenvalue weighted by atomic mass is 32.1. The smallest absolute Gasteiger partial charge is 0.349 e. The number of nitrogens with zero attached hydrogens (tertiary/aromatic N) is 2. The van der Waals surface area contributed by atoms with Gasteiger partial charge in [0.2, 0.25) is 5.91 Å². The number of hydrogen-bond acceptors (Lipinski definition) is 7. The summed E-state index contributed by atoms with van der Waals surface area (Å²) in [6.45, 7) is 5.97. The maximum Gasteiger partial charge on any atom is 0.349 e. The number of thiophene rings is 1. The standard InChI is InChI=1S/C21H20N4O5S/c1-10-15-17(27)22-11(2)23-18(15)31-16(10)19(28)30-9-14(26)25-13-8-6-5-7-12(13)24-20(29)21(25,3)4/h5-8H,9H2,1-4H3,(H,24,29)(H,22,23,27). The van der Waals surface area contributed by atoms with Crippen LogP contribution in [-0.4, -0.2) is 39.9 Å². The van der Waals surface area contributed by atoms with Gasteiger partial charge in [-0.05, 0) is 45.4 Å². The van der Waals surface area contributed by atoms with Gasteiger partial charge in [0.05, 0.1) is 16.8 Å². The van der Waals surface area contributed by atoms with Crippen LogP contribution in [0.3, 0.4) is 0 Å². The van der Waals surface area contributed by atoms with Crippen molar-refractivity contribution < 1.29 is 19.1 Å². The van der Waals surface area contributed by atoms with Crippen molar-refractivity contribution in [1.82, 2.24) is 9.97 Å². The molecule has 0 saturated carbocycles. The molecular weight excluding hydrogens is 420 g/mol. The molecule has 0 radical (unpaired) electrons. The van der Waals surface area contributed by atoms with Crippen molar-refractivity contribution in [1.29, 1.82) is 0 Å². The van der Waals surface area contributed by atoms with E-state index in [0.29, 0.717) is 33.0 Å². The first kappa shape index (κ1) is 20.7. The van der Waals surface area contributed by atoms with Gasteiger partial charge in [-0.25, -0.2) is 9.78 Å². The molecule has 0 fully saturated rings. The molecule has 0 bridgehead atoms. The number of carbonyl (C=O) groups is 3. The van der Waals surface area contributed by atoms with Crippen molar-refractivity contribution in [3.05, 3.63) is 50.9 Å². The van der Waals surface area contributed by atoms with Gasteiger partial charge in [-0.15, -0.1) is 11.3 Å². The maximum absolute atomic E-state index is 13.0. The summed E-state index contributed by atoms with van der Waals surface area (Å²) >= 11 is 1.04. The van der Waals surface area contributed by atoms with E-state index in [-0.39, 0.29) is 16.3 Å². The summed E-state index contributed by atoms with van der Waals surface area (Å²) in [5.74, 6) is -1.16. The fourth-order valence-electron chi connectivity index (χ4n) is 3.60. The molecule has 31 heavy (non-hydrogen) atoms. The highest BCUT2D eigenvalue weighted by Gasteiger charge is 2.43. The number of hydrogen-bond donors (Lipinski definition) is 2. The summed E-state index contributed by atoms with van der Waals surface area (Å²) in [5, 5.41) is 3.11. The Morgan fingerprint density at radius 2 is 1.90 bits per heavy atom. The lowest BCUT2D eigenvalue weighted by atomic mass is 9.96. The molecule has 9 nitrogen and oxygen atoms in total. The van der Waals surface area contributed by atoms with Gasteiger partial charge in [-0.3, -0.25) is 19.3 Å². The zero-order valence-electron chi connectivity index (χ0n) is 17.4. The Balaban J connectivity index is 1.59. The van der Waals surface area contributed by atoms with Crippen molar-refractivity contribution in [2.24, 2.45) is 0 Å². The Morgan fingerprint density at radius 3 is 2.65 bits per heavy atom. The molecule has 0 aliphatic carbocycles. The van der Waals surface area contributed by atoms with E-state index in [9.17, 15) is 19.2 Å². The minimum atomic E-state index is -1.17. The molecule has 0 atom stereocenters. The first-order valence-electron chi connectivity index (χ1n) is 9.52. The number of para-hydroxylation sites is 2. The van der Waals surface area contributed by atoms with E-state index < -0.39 is 24.0 Å². The van der Waals surface area contributed by atoms with Crippen LogP contribution >= 0.6 is 11.3 Å². The number of aryl methyl sites for hydroxylation is 2. The van der Waals surface area contributed by atoms with Crippen LogP contribution in [0.1, 0.15) is 34.9 Å². The molecule has 2 amide bonds. The number of carbonyl (C=O) groups excluding carboxylic acids is 3. The molecule has 160 valence electrons. The summed E-state index contributed by atoms with van der Waals surface area (Å²) in [6.07, 6.45) is 0. The molecule has 3 heterocycles. The van der Waals surface area contributed by atoms with Crippen molar-refractivity contribution in [2.45, 2.75) is 33.2 Å². The van der Waals surface area contributed by atoms with E-state index in [1.54, 1.807) is 52.0 Å². The minimum Gasteiger partial charge on any atom is -0.451 e. The van der Waals surface area contributed by atoms with Crippen molar-refractivity contribution in [3.8, 4) is 0 Å². The van der Waals surface area contributed by atoms with Gasteiger partial charge in [-0.1, -0.05) is 12.1 Å². The van der Waals surface area contributed by atoms with Crippen molar-refractivity contribution in [3.63, 3.8) is 0 Å². The first-order chi connectivity index (χ1) is 14.6. The number of H-pyrrole nitrogens is 1. The lowest BCUT2D eigenvalue weighted by Gasteiger charge is -2.41. The fraction of sp³-hybridized carbons (Fsp3) is 0.286. The van der Waals surface area contributed by atoms with Gasteiger partial charge in [0.1, 0.15) is 21.1 Å². The molecule has 1 aliphatic rings. The number of aromatic amines is 1. The zero-order chi connectivity index (χ0) is 22.5. The van der Waals surface area contributed by atoms with Gasteiger partial charge in [0.15, 0.2) is 6.61 Å². The van der Waals surface area contributed by atoms with Crippen LogP contribution in [0.4, 0.5) is 11.4 Å². The largest absolute Gasteiger partial charge is 0.451 e. The van der Waals surface area contributed by atoms with Crippen LogP contribution in [0.2, 0.25) is 0 Å². The van der Waals surface area contributed by atoms with E-state index in [4.69, 9.17) is 4.74 Å². The van der Waals surface area contributed by atoms with Crippen LogP contribution in [-0.2, 0) is 14.3 Å². The molecule has 3 aromatic rings. The average molecular weight is 440 g/mol. The molecule has 10 heteroatoms. The van der Waals surface area contributed by atoms with Gasteiger partial charge >= 0.3 is 5.97 Å². The van der Waals surface area contributed by atoms with E-state index in [0.717, 1.165) is 11.3 Å². The molecule has 0 saturated heterocycles. The van der Waals surface area contributed by atoms with E-state index in [2.05, 4.69) is 15.3 Å². The quantitative estimate of drug-likeness (QED) is 0.604. The van der Waals surface area contributed by atoms with Crippen molar-refractivity contribution in [2.75, 3.05) is 16.8 Å². The van der Waals surface area contributed by atoms with E-state index in [1.807, 2.05) is 0 Å². The Labute approximate surface area is 181 Å². The normalized spacial score (nSPS) is 14.8. The predicted octanol–water partition coefficient (Wildman–Crippen LogP) is 2.52. The monoisotopic (exact) mass is 440 g/mol. The van der Waals surface area contributed by atoms with Crippen LogP contribution in [0.25, 0.3) is 10.2 Å². The summed E-state index contributed by atoms with van der Waals surface area (Å²) < 4.78 is 5.28. The van der Waals surface area contributed by atoms with Crippen LogP contribution in [0.5, 0.6) is 0 Å². The second-order valence-electron chi connectivity index (χ2n) is 7.72. The van der Waals surface area contributed by atoms with Gasteiger partial charge in [0, 0.05) is 0 Å². The Morgan fingerprint density at radius 1 is 1.19 bits per heavy atom. The summed E-state index contributed by atoms with van der Waals surface area (Å²) in [4.78, 5) is 59.3. The number of aromatic nitrogens is 2.